The number of halogens is 1. The number of aromatic hydroxyl groups is 1. The molecule has 0 amide bonds. The fourth-order valence-electron chi connectivity index (χ4n) is 3.17. The van der Waals surface area contributed by atoms with E-state index in [1.807, 2.05) is 12.1 Å². The summed E-state index contributed by atoms with van der Waals surface area (Å²) in [5, 5.41) is 13.8. The van der Waals surface area contributed by atoms with Crippen LogP contribution >= 0.6 is 15.9 Å². The summed E-state index contributed by atoms with van der Waals surface area (Å²) in [6, 6.07) is 6.24. The highest BCUT2D eigenvalue weighted by molar-refractivity contribution is 9.10. The lowest BCUT2D eigenvalue weighted by molar-refractivity contribution is 0.0786. The van der Waals surface area contributed by atoms with Gasteiger partial charge in [0.2, 0.25) is 0 Å². The van der Waals surface area contributed by atoms with Crippen LogP contribution in [0, 0.1) is 5.92 Å². The highest BCUT2D eigenvalue weighted by Crippen LogP contribution is 2.40. The van der Waals surface area contributed by atoms with Crippen molar-refractivity contribution in [1.82, 2.24) is 5.32 Å². The third-order valence-electron chi connectivity index (χ3n) is 4.41. The van der Waals surface area contributed by atoms with Gasteiger partial charge in [-0.1, -0.05) is 22.9 Å². The second-order valence-electron chi connectivity index (χ2n) is 5.90. The van der Waals surface area contributed by atoms with Crippen molar-refractivity contribution in [3.8, 4) is 5.75 Å². The SMILES string of the molecule is CCC(NC1CCOC1C1CC1)c1cc(Br)ccc1O. The summed E-state index contributed by atoms with van der Waals surface area (Å²) >= 11 is 3.49. The fraction of sp³-hybridized carbons (Fsp3) is 0.625. The van der Waals surface area contributed by atoms with E-state index in [-0.39, 0.29) is 6.04 Å². The van der Waals surface area contributed by atoms with Crippen molar-refractivity contribution >= 4 is 15.9 Å². The van der Waals surface area contributed by atoms with Crippen LogP contribution in [0.25, 0.3) is 0 Å². The van der Waals surface area contributed by atoms with Gasteiger partial charge in [-0.2, -0.15) is 0 Å². The predicted molar refractivity (Wildman–Crippen MR) is 82.8 cm³/mol. The average Bonchev–Trinajstić information content (AvgIpc) is 3.19. The Bertz CT molecular complexity index is 476. The van der Waals surface area contributed by atoms with E-state index in [1.165, 1.54) is 12.8 Å². The average molecular weight is 340 g/mol. The number of nitrogens with one attached hydrogen (secondary N) is 1. The Morgan fingerprint density at radius 1 is 1.40 bits per heavy atom. The van der Waals surface area contributed by atoms with Gasteiger partial charge in [-0.3, -0.25) is 0 Å². The molecule has 0 radical (unpaired) electrons. The minimum Gasteiger partial charge on any atom is -0.508 e. The third kappa shape index (κ3) is 3.02. The smallest absolute Gasteiger partial charge is 0.120 e. The third-order valence-corrected chi connectivity index (χ3v) is 4.90. The molecule has 1 aliphatic carbocycles. The highest BCUT2D eigenvalue weighted by Gasteiger charge is 2.41. The molecule has 20 heavy (non-hydrogen) atoms. The van der Waals surface area contributed by atoms with Crippen molar-refractivity contribution in [2.45, 2.75) is 50.8 Å². The Balaban J connectivity index is 1.74. The van der Waals surface area contributed by atoms with Crippen LogP contribution in [0.2, 0.25) is 0 Å². The molecule has 1 saturated heterocycles. The summed E-state index contributed by atoms with van der Waals surface area (Å²) in [6.07, 6.45) is 5.02. The van der Waals surface area contributed by atoms with Gasteiger partial charge >= 0.3 is 0 Å². The van der Waals surface area contributed by atoms with Gasteiger partial charge in [0.1, 0.15) is 5.75 Å². The first-order valence-electron chi connectivity index (χ1n) is 7.55. The molecule has 1 aromatic rings. The minimum atomic E-state index is 0.181. The first-order valence-corrected chi connectivity index (χ1v) is 8.34. The molecule has 1 aromatic carbocycles. The molecule has 0 bridgehead atoms. The fourth-order valence-corrected chi connectivity index (χ4v) is 3.55. The monoisotopic (exact) mass is 339 g/mol. The Labute approximate surface area is 128 Å². The summed E-state index contributed by atoms with van der Waals surface area (Å²) in [4.78, 5) is 0. The zero-order chi connectivity index (χ0) is 14.1. The van der Waals surface area contributed by atoms with E-state index in [2.05, 4.69) is 28.2 Å². The summed E-state index contributed by atoms with van der Waals surface area (Å²) in [5.74, 6) is 1.12. The van der Waals surface area contributed by atoms with Crippen LogP contribution in [0.3, 0.4) is 0 Å². The van der Waals surface area contributed by atoms with E-state index in [0.29, 0.717) is 17.9 Å². The van der Waals surface area contributed by atoms with Crippen LogP contribution in [-0.2, 0) is 4.74 Å². The normalized spacial score (nSPS) is 27.7. The second kappa shape index (κ2) is 6.04. The Morgan fingerprint density at radius 3 is 2.90 bits per heavy atom. The van der Waals surface area contributed by atoms with Gasteiger partial charge in [-0.05, 0) is 49.8 Å². The van der Waals surface area contributed by atoms with Crippen molar-refractivity contribution in [3.05, 3.63) is 28.2 Å². The predicted octanol–water partition coefficient (Wildman–Crippen LogP) is 3.76. The Morgan fingerprint density at radius 2 is 2.20 bits per heavy atom. The number of rotatable bonds is 5. The topological polar surface area (TPSA) is 41.5 Å². The van der Waals surface area contributed by atoms with Crippen LogP contribution in [0.5, 0.6) is 5.75 Å². The molecule has 4 heteroatoms. The lowest BCUT2D eigenvalue weighted by Gasteiger charge is -2.26. The van der Waals surface area contributed by atoms with E-state index < -0.39 is 0 Å². The summed E-state index contributed by atoms with van der Waals surface area (Å²) in [5.41, 5.74) is 0.975. The molecule has 2 N–H and O–H groups in total. The highest BCUT2D eigenvalue weighted by atomic mass is 79.9. The van der Waals surface area contributed by atoms with Gasteiger partial charge in [0, 0.05) is 28.7 Å². The number of hydrogen-bond donors (Lipinski definition) is 2. The van der Waals surface area contributed by atoms with Gasteiger partial charge in [-0.25, -0.2) is 0 Å². The first kappa shape index (κ1) is 14.4. The number of phenols is 1. The van der Waals surface area contributed by atoms with E-state index in [4.69, 9.17) is 4.74 Å². The summed E-state index contributed by atoms with van der Waals surface area (Å²) in [6.45, 7) is 3.01. The van der Waals surface area contributed by atoms with Gasteiger partial charge in [-0.15, -0.1) is 0 Å². The van der Waals surface area contributed by atoms with Crippen molar-refractivity contribution in [2.75, 3.05) is 6.61 Å². The molecule has 3 rings (SSSR count). The van der Waals surface area contributed by atoms with Crippen LogP contribution in [-0.4, -0.2) is 23.9 Å². The van der Waals surface area contributed by atoms with E-state index in [0.717, 1.165) is 35.4 Å². The molecular weight excluding hydrogens is 318 g/mol. The molecule has 1 aliphatic heterocycles. The van der Waals surface area contributed by atoms with Gasteiger partial charge < -0.3 is 15.2 Å². The van der Waals surface area contributed by atoms with Crippen molar-refractivity contribution in [1.29, 1.82) is 0 Å². The van der Waals surface area contributed by atoms with Crippen LogP contribution in [0.4, 0.5) is 0 Å². The standard InChI is InChI=1S/C16H22BrNO2/c1-2-13(12-9-11(17)5-6-15(12)19)18-14-7-8-20-16(14)10-3-4-10/h5-6,9-10,13-14,16,18-19H,2-4,7-8H2,1H3. The van der Waals surface area contributed by atoms with Gasteiger partial charge in [0.15, 0.2) is 0 Å². The molecular formula is C16H22BrNO2. The maximum Gasteiger partial charge on any atom is 0.120 e. The van der Waals surface area contributed by atoms with E-state index in [9.17, 15) is 5.11 Å². The summed E-state index contributed by atoms with van der Waals surface area (Å²) < 4.78 is 6.90. The lowest BCUT2D eigenvalue weighted by Crippen LogP contribution is -2.39. The quantitative estimate of drug-likeness (QED) is 0.858. The molecule has 110 valence electrons. The first-order chi connectivity index (χ1) is 9.69. The number of hydrogen-bond acceptors (Lipinski definition) is 3. The van der Waals surface area contributed by atoms with Crippen molar-refractivity contribution < 1.29 is 9.84 Å². The van der Waals surface area contributed by atoms with Crippen LogP contribution in [0.15, 0.2) is 22.7 Å². The Hall–Kier alpha value is -0.580. The van der Waals surface area contributed by atoms with Gasteiger partial charge in [0.25, 0.3) is 0 Å². The van der Waals surface area contributed by atoms with Crippen LogP contribution in [0.1, 0.15) is 44.2 Å². The van der Waals surface area contributed by atoms with Crippen LogP contribution < -0.4 is 5.32 Å². The molecule has 3 atom stereocenters. The minimum absolute atomic E-state index is 0.181. The molecule has 2 fully saturated rings. The number of benzene rings is 1. The molecule has 1 saturated carbocycles. The largest absolute Gasteiger partial charge is 0.508 e. The Kier molecular flexibility index (Phi) is 4.34. The van der Waals surface area contributed by atoms with E-state index >= 15 is 0 Å². The zero-order valence-electron chi connectivity index (χ0n) is 11.8. The maximum atomic E-state index is 10.1. The van der Waals surface area contributed by atoms with E-state index in [1.54, 1.807) is 6.07 Å². The summed E-state index contributed by atoms with van der Waals surface area (Å²) in [7, 11) is 0. The molecule has 0 aromatic heterocycles. The van der Waals surface area contributed by atoms with Crippen molar-refractivity contribution in [2.24, 2.45) is 5.92 Å². The molecule has 3 unspecified atom stereocenters. The molecule has 0 spiro atoms. The second-order valence-corrected chi connectivity index (χ2v) is 6.81. The molecule has 1 heterocycles. The lowest BCUT2D eigenvalue weighted by atomic mass is 9.99. The zero-order valence-corrected chi connectivity index (χ0v) is 13.4. The number of phenolic OH excluding ortho intramolecular Hbond substituents is 1. The maximum absolute atomic E-state index is 10.1. The number of ether oxygens (including phenoxy) is 1. The molecule has 2 aliphatic rings. The van der Waals surface area contributed by atoms with Gasteiger partial charge in [0.05, 0.1) is 6.10 Å². The molecule has 3 nitrogen and oxygen atoms in total. The van der Waals surface area contributed by atoms with Crippen molar-refractivity contribution in [3.63, 3.8) is 0 Å².